The van der Waals surface area contributed by atoms with Crippen molar-refractivity contribution in [3.05, 3.63) is 39.8 Å². The number of anilines is 2. The molecule has 0 fully saturated rings. The Morgan fingerprint density at radius 2 is 1.86 bits per heavy atom. The van der Waals surface area contributed by atoms with E-state index in [1.807, 2.05) is 45.0 Å². The van der Waals surface area contributed by atoms with Crippen LogP contribution in [0.1, 0.15) is 25.6 Å². The van der Waals surface area contributed by atoms with Gasteiger partial charge in [-0.3, -0.25) is 4.79 Å². The number of amides is 1. The van der Waals surface area contributed by atoms with Crippen LogP contribution in [0.25, 0.3) is 0 Å². The molecular weight excluding hydrogens is 306 g/mol. The molecule has 4 nitrogen and oxygen atoms in total. The highest BCUT2D eigenvalue weighted by molar-refractivity contribution is 7.15. The van der Waals surface area contributed by atoms with Crippen molar-refractivity contribution in [2.75, 3.05) is 10.6 Å². The zero-order chi connectivity index (χ0) is 15.5. The van der Waals surface area contributed by atoms with E-state index in [4.69, 9.17) is 11.6 Å². The van der Waals surface area contributed by atoms with Crippen LogP contribution in [-0.4, -0.2) is 10.9 Å². The summed E-state index contributed by atoms with van der Waals surface area (Å²) in [6.45, 7) is 6.34. The van der Waals surface area contributed by atoms with Crippen LogP contribution in [-0.2, 0) is 11.3 Å². The Bertz CT molecular complexity index is 617. The maximum atomic E-state index is 11.9. The fourth-order valence-electron chi connectivity index (χ4n) is 1.54. The average Bonchev–Trinajstić information content (AvgIpc) is 2.83. The molecule has 1 aromatic heterocycles. The molecule has 0 aliphatic heterocycles. The minimum Gasteiger partial charge on any atom is -0.380 e. The lowest BCUT2D eigenvalue weighted by atomic mass is 9.95. The molecule has 0 saturated carbocycles. The molecule has 0 saturated heterocycles. The van der Waals surface area contributed by atoms with E-state index in [0.717, 1.165) is 16.3 Å². The Morgan fingerprint density at radius 1 is 1.24 bits per heavy atom. The molecule has 6 heteroatoms. The number of hydrogen-bond donors (Lipinski definition) is 2. The summed E-state index contributed by atoms with van der Waals surface area (Å²) in [5.74, 6) is 0.00232. The number of nitrogens with one attached hydrogen (secondary N) is 2. The molecule has 21 heavy (non-hydrogen) atoms. The number of hydrogen-bond acceptors (Lipinski definition) is 4. The number of halogens is 1. The molecule has 2 rings (SSSR count). The van der Waals surface area contributed by atoms with Crippen LogP contribution in [0.2, 0.25) is 4.47 Å². The zero-order valence-corrected chi connectivity index (χ0v) is 13.8. The molecule has 0 atom stereocenters. The number of carbonyl (C=O) groups excluding carboxylic acids is 1. The number of thiazole rings is 1. The van der Waals surface area contributed by atoms with E-state index in [9.17, 15) is 4.79 Å². The fraction of sp³-hybridized carbons (Fsp3) is 0.333. The highest BCUT2D eigenvalue weighted by Crippen LogP contribution is 2.21. The Labute approximate surface area is 133 Å². The second-order valence-corrected chi connectivity index (χ2v) is 7.41. The predicted octanol–water partition coefficient (Wildman–Crippen LogP) is 4.39. The quantitative estimate of drug-likeness (QED) is 0.877. The minimum atomic E-state index is -0.400. The molecule has 2 N–H and O–H groups in total. The standard InChI is InChI=1S/C15H18ClN3OS/c1-15(2,3)13(20)19-11-6-4-10(5-7-11)17-8-12-9-18-14(16)21-12/h4-7,9,17H,8H2,1-3H3,(H,19,20). The SMILES string of the molecule is CC(C)(C)C(=O)Nc1ccc(NCc2cnc(Cl)s2)cc1. The van der Waals surface area contributed by atoms with Gasteiger partial charge in [0.15, 0.2) is 4.47 Å². The van der Waals surface area contributed by atoms with Gasteiger partial charge >= 0.3 is 0 Å². The highest BCUT2D eigenvalue weighted by Gasteiger charge is 2.20. The van der Waals surface area contributed by atoms with Crippen LogP contribution in [0.3, 0.4) is 0 Å². The van der Waals surface area contributed by atoms with Crippen molar-refractivity contribution in [3.8, 4) is 0 Å². The van der Waals surface area contributed by atoms with Gasteiger partial charge in [-0.2, -0.15) is 0 Å². The van der Waals surface area contributed by atoms with Crippen LogP contribution < -0.4 is 10.6 Å². The van der Waals surface area contributed by atoms with Crippen molar-refractivity contribution in [1.29, 1.82) is 0 Å². The molecule has 0 unspecified atom stereocenters. The maximum Gasteiger partial charge on any atom is 0.229 e. The van der Waals surface area contributed by atoms with E-state index in [2.05, 4.69) is 15.6 Å². The zero-order valence-electron chi connectivity index (χ0n) is 12.2. The summed E-state index contributed by atoms with van der Waals surface area (Å²) in [7, 11) is 0. The van der Waals surface area contributed by atoms with Crippen molar-refractivity contribution < 1.29 is 4.79 Å². The Balaban J connectivity index is 1.91. The molecule has 1 heterocycles. The van der Waals surface area contributed by atoms with Crippen LogP contribution in [0.5, 0.6) is 0 Å². The molecule has 1 aromatic carbocycles. The van der Waals surface area contributed by atoms with Crippen LogP contribution in [0.4, 0.5) is 11.4 Å². The van der Waals surface area contributed by atoms with Gasteiger partial charge in [-0.1, -0.05) is 32.4 Å². The van der Waals surface area contributed by atoms with Gasteiger partial charge in [-0.05, 0) is 24.3 Å². The smallest absolute Gasteiger partial charge is 0.229 e. The number of carbonyl (C=O) groups is 1. The molecule has 1 amide bonds. The highest BCUT2D eigenvalue weighted by atomic mass is 35.5. The molecule has 0 radical (unpaired) electrons. The lowest BCUT2D eigenvalue weighted by Crippen LogP contribution is -2.27. The summed E-state index contributed by atoms with van der Waals surface area (Å²) in [6, 6.07) is 7.62. The van der Waals surface area contributed by atoms with E-state index in [1.54, 1.807) is 6.20 Å². The molecule has 0 spiro atoms. The van der Waals surface area contributed by atoms with Crippen molar-refractivity contribution in [1.82, 2.24) is 4.98 Å². The molecule has 112 valence electrons. The number of nitrogens with zero attached hydrogens (tertiary/aromatic N) is 1. The second-order valence-electron chi connectivity index (χ2n) is 5.71. The molecular formula is C15H18ClN3OS. The summed E-state index contributed by atoms with van der Waals surface area (Å²) in [5, 5.41) is 6.18. The van der Waals surface area contributed by atoms with Crippen LogP contribution in [0.15, 0.2) is 30.5 Å². The van der Waals surface area contributed by atoms with E-state index in [0.29, 0.717) is 11.0 Å². The third-order valence-corrected chi connectivity index (χ3v) is 3.93. The van der Waals surface area contributed by atoms with E-state index < -0.39 is 5.41 Å². The Hall–Kier alpha value is -1.59. The van der Waals surface area contributed by atoms with Crippen molar-refractivity contribution >= 4 is 40.2 Å². The van der Waals surface area contributed by atoms with Crippen molar-refractivity contribution in [2.24, 2.45) is 5.41 Å². The summed E-state index contributed by atoms with van der Waals surface area (Å²) in [5.41, 5.74) is 1.37. The summed E-state index contributed by atoms with van der Waals surface area (Å²) < 4.78 is 0.548. The van der Waals surface area contributed by atoms with Crippen molar-refractivity contribution in [3.63, 3.8) is 0 Å². The molecule has 2 aromatic rings. The third kappa shape index (κ3) is 4.72. The van der Waals surface area contributed by atoms with Gasteiger partial charge in [0.2, 0.25) is 5.91 Å². The van der Waals surface area contributed by atoms with Gasteiger partial charge in [0.25, 0.3) is 0 Å². The first-order valence-electron chi connectivity index (χ1n) is 6.60. The minimum absolute atomic E-state index is 0.00232. The van der Waals surface area contributed by atoms with Gasteiger partial charge in [-0.25, -0.2) is 4.98 Å². The summed E-state index contributed by atoms with van der Waals surface area (Å²) >= 11 is 7.24. The van der Waals surface area contributed by atoms with Gasteiger partial charge in [-0.15, -0.1) is 11.3 Å². The molecule has 0 aliphatic carbocycles. The normalized spacial score (nSPS) is 11.2. The summed E-state index contributed by atoms with van der Waals surface area (Å²) in [4.78, 5) is 17.0. The monoisotopic (exact) mass is 323 g/mol. The maximum absolute atomic E-state index is 11.9. The van der Waals surface area contributed by atoms with E-state index in [1.165, 1.54) is 11.3 Å². The first kappa shape index (κ1) is 15.8. The Kier molecular flexibility index (Phi) is 4.85. The van der Waals surface area contributed by atoms with Crippen LogP contribution >= 0.6 is 22.9 Å². The van der Waals surface area contributed by atoms with E-state index >= 15 is 0 Å². The number of aromatic nitrogens is 1. The molecule has 0 aliphatic rings. The first-order valence-corrected chi connectivity index (χ1v) is 7.79. The third-order valence-electron chi connectivity index (χ3n) is 2.82. The Morgan fingerprint density at radius 3 is 2.38 bits per heavy atom. The molecule has 0 bridgehead atoms. The topological polar surface area (TPSA) is 54.0 Å². The largest absolute Gasteiger partial charge is 0.380 e. The number of benzene rings is 1. The van der Waals surface area contributed by atoms with E-state index in [-0.39, 0.29) is 5.91 Å². The predicted molar refractivity (Wildman–Crippen MR) is 89.0 cm³/mol. The lowest BCUT2D eigenvalue weighted by molar-refractivity contribution is -0.123. The van der Waals surface area contributed by atoms with Gasteiger partial charge in [0.05, 0.1) is 6.54 Å². The second kappa shape index (κ2) is 6.45. The number of rotatable bonds is 4. The first-order chi connectivity index (χ1) is 9.84. The van der Waals surface area contributed by atoms with Crippen LogP contribution in [0, 0.1) is 5.41 Å². The fourth-order valence-corrected chi connectivity index (χ4v) is 2.46. The lowest BCUT2D eigenvalue weighted by Gasteiger charge is -2.17. The average molecular weight is 324 g/mol. The van der Waals surface area contributed by atoms with Gasteiger partial charge < -0.3 is 10.6 Å². The van der Waals surface area contributed by atoms with Crippen molar-refractivity contribution in [2.45, 2.75) is 27.3 Å². The summed E-state index contributed by atoms with van der Waals surface area (Å²) in [6.07, 6.45) is 1.76. The van der Waals surface area contributed by atoms with Gasteiger partial charge in [0, 0.05) is 27.9 Å². The van der Waals surface area contributed by atoms with Gasteiger partial charge in [0.1, 0.15) is 0 Å².